The normalized spacial score (nSPS) is 28.1. The zero-order valence-corrected chi connectivity index (χ0v) is 9.88. The molecule has 6 N–H and O–H groups in total. The number of aliphatic hydroxyl groups excluding tert-OH is 2. The third-order valence-electron chi connectivity index (χ3n) is 2.88. The molecule has 1 aliphatic rings. The Labute approximate surface area is 110 Å². The average Bonchev–Trinajstić information content (AvgIpc) is 2.93. The van der Waals surface area contributed by atoms with Crippen LogP contribution in [0.25, 0.3) is 11.2 Å². The number of fused-ring (bicyclic) bond motifs is 1. The molecule has 1 aliphatic heterocycles. The molecule has 10 nitrogen and oxygen atoms in total. The number of nitrogens with two attached hydrogens (primary N) is 2. The molecule has 1 fully saturated rings. The van der Waals surface area contributed by atoms with E-state index in [0.717, 1.165) is 4.68 Å². The Bertz CT molecular complexity index is 702. The maximum Gasteiger partial charge on any atom is 0.224 e. The van der Waals surface area contributed by atoms with Crippen LogP contribution in [0.5, 0.6) is 0 Å². The fourth-order valence-corrected chi connectivity index (χ4v) is 1.93. The van der Waals surface area contributed by atoms with Crippen LogP contribution in [0.3, 0.4) is 0 Å². The van der Waals surface area contributed by atoms with Gasteiger partial charge in [0.2, 0.25) is 12.2 Å². The van der Waals surface area contributed by atoms with Gasteiger partial charge in [0.1, 0.15) is 18.5 Å². The Morgan fingerprint density at radius 3 is 2.70 bits per heavy atom. The van der Waals surface area contributed by atoms with E-state index in [0.29, 0.717) is 0 Å². The first-order chi connectivity index (χ1) is 9.52. The second-order valence-electron chi connectivity index (χ2n) is 4.13. The second-order valence-corrected chi connectivity index (χ2v) is 4.13. The lowest BCUT2D eigenvalue weighted by molar-refractivity contribution is -0.0193. The van der Waals surface area contributed by atoms with E-state index >= 15 is 0 Å². The number of aliphatic hydroxyl groups is 2. The topological polar surface area (TPSA) is 158 Å². The van der Waals surface area contributed by atoms with Gasteiger partial charge in [0.25, 0.3) is 0 Å². The third-order valence-corrected chi connectivity index (χ3v) is 2.88. The molecule has 2 aromatic rings. The van der Waals surface area contributed by atoms with Gasteiger partial charge in [0.15, 0.2) is 22.7 Å². The zero-order valence-electron chi connectivity index (χ0n) is 9.88. The summed E-state index contributed by atoms with van der Waals surface area (Å²) in [5, 5.41) is 26.9. The molecular weight excluding hydrogens is 273 g/mol. The summed E-state index contributed by atoms with van der Waals surface area (Å²) >= 11 is 0. The fraction of sp³-hybridized carbons (Fsp3) is 0.333. The minimum Gasteiger partial charge on any atom is -0.465 e. The SMILES string of the molecule is Nc1nc(N)c2nnn([C@@H]3OC(=CF)[C@@H](O)[C@H]3O)c2n1. The van der Waals surface area contributed by atoms with Crippen molar-refractivity contribution in [2.75, 3.05) is 11.5 Å². The molecule has 0 amide bonds. The van der Waals surface area contributed by atoms with Crippen molar-refractivity contribution in [2.45, 2.75) is 18.4 Å². The van der Waals surface area contributed by atoms with Crippen LogP contribution in [0.4, 0.5) is 16.2 Å². The van der Waals surface area contributed by atoms with Crippen molar-refractivity contribution in [2.24, 2.45) is 0 Å². The number of aromatic nitrogens is 5. The van der Waals surface area contributed by atoms with E-state index in [9.17, 15) is 14.6 Å². The number of ether oxygens (including phenoxy) is 1. The first-order valence-corrected chi connectivity index (χ1v) is 5.50. The molecule has 3 heterocycles. The highest BCUT2D eigenvalue weighted by atomic mass is 19.1. The maximum absolute atomic E-state index is 12.5. The average molecular weight is 283 g/mol. The van der Waals surface area contributed by atoms with Gasteiger partial charge in [-0.2, -0.15) is 14.6 Å². The predicted molar refractivity (Wildman–Crippen MR) is 63.3 cm³/mol. The number of nitrogens with zero attached hydrogens (tertiary/aromatic N) is 5. The molecule has 0 bridgehead atoms. The monoisotopic (exact) mass is 283 g/mol. The summed E-state index contributed by atoms with van der Waals surface area (Å²) in [7, 11) is 0. The van der Waals surface area contributed by atoms with Crippen molar-refractivity contribution in [3.63, 3.8) is 0 Å². The second kappa shape index (κ2) is 4.25. The van der Waals surface area contributed by atoms with Gasteiger partial charge in [0, 0.05) is 0 Å². The van der Waals surface area contributed by atoms with E-state index in [1.54, 1.807) is 0 Å². The molecule has 106 valence electrons. The van der Waals surface area contributed by atoms with Gasteiger partial charge in [-0.3, -0.25) is 0 Å². The summed E-state index contributed by atoms with van der Waals surface area (Å²) < 4.78 is 18.6. The summed E-state index contributed by atoms with van der Waals surface area (Å²) in [4.78, 5) is 7.60. The van der Waals surface area contributed by atoms with Gasteiger partial charge in [-0.05, 0) is 0 Å². The summed E-state index contributed by atoms with van der Waals surface area (Å²) in [6, 6.07) is 0. The first-order valence-electron chi connectivity index (χ1n) is 5.50. The number of hydrogen-bond acceptors (Lipinski definition) is 9. The molecule has 0 aliphatic carbocycles. The number of hydrogen-bond donors (Lipinski definition) is 4. The van der Waals surface area contributed by atoms with Crippen molar-refractivity contribution < 1.29 is 19.3 Å². The number of anilines is 2. The Morgan fingerprint density at radius 2 is 2.05 bits per heavy atom. The van der Waals surface area contributed by atoms with Crippen molar-refractivity contribution in [1.82, 2.24) is 25.0 Å². The Kier molecular flexibility index (Phi) is 2.65. The van der Waals surface area contributed by atoms with Crippen molar-refractivity contribution >= 4 is 22.9 Å². The van der Waals surface area contributed by atoms with Gasteiger partial charge in [-0.15, -0.1) is 5.10 Å². The van der Waals surface area contributed by atoms with Gasteiger partial charge in [-0.1, -0.05) is 5.21 Å². The molecule has 1 saturated heterocycles. The summed E-state index contributed by atoms with van der Waals surface area (Å²) in [6.07, 6.45) is -4.10. The van der Waals surface area contributed by atoms with Crippen molar-refractivity contribution in [1.29, 1.82) is 0 Å². The number of rotatable bonds is 1. The Balaban J connectivity index is 2.12. The van der Waals surface area contributed by atoms with Crippen molar-refractivity contribution in [3.8, 4) is 0 Å². The standard InChI is InChI=1S/C9H10FN7O3/c10-1-2-4(18)5(19)8(20-2)17-7-3(15-16-17)6(11)13-9(12)14-7/h1,4-5,8,18-19H,(H4,11,12,13,14)/t4-,5-,8-/m1/s1. The molecule has 0 unspecified atom stereocenters. The van der Waals surface area contributed by atoms with Crippen LogP contribution >= 0.6 is 0 Å². The lowest BCUT2D eigenvalue weighted by atomic mass is 10.2. The number of nitrogen functional groups attached to an aromatic ring is 2. The summed E-state index contributed by atoms with van der Waals surface area (Å²) in [6.45, 7) is 0. The zero-order chi connectivity index (χ0) is 14.4. The quantitative estimate of drug-likeness (QED) is 0.485. The highest BCUT2D eigenvalue weighted by Gasteiger charge is 2.42. The van der Waals surface area contributed by atoms with Crippen LogP contribution in [0.1, 0.15) is 6.23 Å². The van der Waals surface area contributed by atoms with Gasteiger partial charge in [-0.25, -0.2) is 4.39 Å². The third kappa shape index (κ3) is 1.64. The molecule has 0 aromatic carbocycles. The molecule has 2 aromatic heterocycles. The lowest BCUT2D eigenvalue weighted by Gasteiger charge is -2.14. The molecule has 0 spiro atoms. The molecule has 3 rings (SSSR count). The van der Waals surface area contributed by atoms with Crippen molar-refractivity contribution in [3.05, 3.63) is 12.1 Å². The molecule has 20 heavy (non-hydrogen) atoms. The molecule has 0 radical (unpaired) electrons. The van der Waals surface area contributed by atoms with Crippen LogP contribution in [-0.4, -0.2) is 47.4 Å². The highest BCUT2D eigenvalue weighted by Crippen LogP contribution is 2.33. The molecule has 11 heteroatoms. The minimum absolute atomic E-state index is 0.00745. The Morgan fingerprint density at radius 1 is 1.30 bits per heavy atom. The van der Waals surface area contributed by atoms with Gasteiger partial charge >= 0.3 is 0 Å². The van der Waals surface area contributed by atoms with Crippen LogP contribution in [-0.2, 0) is 4.74 Å². The summed E-state index contributed by atoms with van der Waals surface area (Å²) in [5.74, 6) is -0.526. The first kappa shape index (κ1) is 12.5. The van der Waals surface area contributed by atoms with E-state index < -0.39 is 24.2 Å². The lowest BCUT2D eigenvalue weighted by Crippen LogP contribution is -2.28. The highest BCUT2D eigenvalue weighted by molar-refractivity contribution is 5.81. The Hall–Kier alpha value is -2.53. The molecule has 0 saturated carbocycles. The molecule has 3 atom stereocenters. The van der Waals surface area contributed by atoms with E-state index in [-0.39, 0.29) is 29.3 Å². The van der Waals surface area contributed by atoms with E-state index in [1.807, 2.05) is 0 Å². The fourth-order valence-electron chi connectivity index (χ4n) is 1.93. The summed E-state index contributed by atoms with van der Waals surface area (Å²) in [5.41, 5.74) is 11.3. The van der Waals surface area contributed by atoms with Crippen LogP contribution in [0.2, 0.25) is 0 Å². The van der Waals surface area contributed by atoms with Crippen LogP contribution < -0.4 is 11.5 Å². The van der Waals surface area contributed by atoms with E-state index in [4.69, 9.17) is 16.2 Å². The van der Waals surface area contributed by atoms with E-state index in [1.165, 1.54) is 0 Å². The van der Waals surface area contributed by atoms with Gasteiger partial charge < -0.3 is 26.4 Å². The largest absolute Gasteiger partial charge is 0.465 e. The molecular formula is C9H10FN7O3. The van der Waals surface area contributed by atoms with E-state index in [2.05, 4.69) is 20.3 Å². The van der Waals surface area contributed by atoms with Crippen LogP contribution in [0.15, 0.2) is 12.1 Å². The van der Waals surface area contributed by atoms with Crippen LogP contribution in [0, 0.1) is 0 Å². The number of halogens is 1. The van der Waals surface area contributed by atoms with Gasteiger partial charge in [0.05, 0.1) is 0 Å². The smallest absolute Gasteiger partial charge is 0.224 e. The predicted octanol–water partition coefficient (Wildman–Crippen LogP) is -1.55. The minimum atomic E-state index is -1.51. The maximum atomic E-state index is 12.5.